The van der Waals surface area contributed by atoms with Crippen molar-refractivity contribution in [2.45, 2.75) is 22.6 Å². The van der Waals surface area contributed by atoms with Crippen LogP contribution in [-0.2, 0) is 0 Å². The summed E-state index contributed by atoms with van der Waals surface area (Å²) in [6.45, 7) is 4.40. The number of rotatable bonds is 8. The molecule has 0 saturated carbocycles. The quantitative estimate of drug-likeness (QED) is 0.471. The summed E-state index contributed by atoms with van der Waals surface area (Å²) < 4.78 is 0. The maximum absolute atomic E-state index is 6.29. The lowest BCUT2D eigenvalue weighted by atomic mass is 10.2. The molecule has 0 unspecified atom stereocenters. The minimum Gasteiger partial charge on any atom is -0.340 e. The SMILES string of the molecule is CN(C)CCCN(C)CCCN1c2ccccc2Sc2ccc(Cl)cc21.Cl.Cl. The van der Waals surface area contributed by atoms with Crippen LogP contribution in [0.2, 0.25) is 5.02 Å². The molecule has 0 fully saturated rings. The number of halogens is 3. The Kier molecular flexibility index (Phi) is 11.0. The Labute approximate surface area is 191 Å². The first kappa shape index (κ1) is 25.4. The van der Waals surface area contributed by atoms with Gasteiger partial charge in [0.05, 0.1) is 11.4 Å². The molecule has 0 radical (unpaired) electrons. The lowest BCUT2D eigenvalue weighted by Gasteiger charge is -2.33. The standard InChI is InChI=1S/C21H28ClN3S.2ClH/c1-23(2)12-6-13-24(3)14-7-15-25-18-8-4-5-9-20(18)26-21-11-10-17(22)16-19(21)25;;/h4-5,8-11,16H,6-7,12-15H2,1-3H3;2*1H. The topological polar surface area (TPSA) is 9.72 Å². The van der Waals surface area contributed by atoms with Gasteiger partial charge in [-0.2, -0.15) is 0 Å². The molecule has 1 heterocycles. The minimum absolute atomic E-state index is 0. The van der Waals surface area contributed by atoms with Gasteiger partial charge in [0.25, 0.3) is 0 Å². The van der Waals surface area contributed by atoms with Crippen LogP contribution in [0.15, 0.2) is 52.3 Å². The van der Waals surface area contributed by atoms with Crippen molar-refractivity contribution in [2.75, 3.05) is 52.2 Å². The number of hydrogen-bond donors (Lipinski definition) is 0. The molecule has 3 nitrogen and oxygen atoms in total. The van der Waals surface area contributed by atoms with Crippen LogP contribution in [0.5, 0.6) is 0 Å². The van der Waals surface area contributed by atoms with Gasteiger partial charge in [0.2, 0.25) is 0 Å². The van der Waals surface area contributed by atoms with Gasteiger partial charge >= 0.3 is 0 Å². The molecule has 0 amide bonds. The molecule has 0 atom stereocenters. The molecule has 0 aliphatic carbocycles. The van der Waals surface area contributed by atoms with Gasteiger partial charge < -0.3 is 14.7 Å². The van der Waals surface area contributed by atoms with Crippen LogP contribution in [0, 0.1) is 0 Å². The Balaban J connectivity index is 0.00000196. The second kappa shape index (κ2) is 12.2. The molecule has 1 aliphatic rings. The highest BCUT2D eigenvalue weighted by molar-refractivity contribution is 7.99. The highest BCUT2D eigenvalue weighted by Gasteiger charge is 2.23. The predicted molar refractivity (Wildman–Crippen MR) is 129 cm³/mol. The van der Waals surface area contributed by atoms with E-state index in [2.05, 4.69) is 72.2 Å². The maximum Gasteiger partial charge on any atom is 0.0567 e. The van der Waals surface area contributed by atoms with E-state index in [1.165, 1.54) is 27.6 Å². The molecule has 2 aromatic rings. The smallest absolute Gasteiger partial charge is 0.0567 e. The summed E-state index contributed by atoms with van der Waals surface area (Å²) in [4.78, 5) is 9.72. The van der Waals surface area contributed by atoms with E-state index in [-0.39, 0.29) is 24.8 Å². The molecule has 0 saturated heterocycles. The average molecular weight is 463 g/mol. The van der Waals surface area contributed by atoms with E-state index in [0.29, 0.717) is 0 Å². The van der Waals surface area contributed by atoms with Crippen molar-refractivity contribution in [1.82, 2.24) is 9.80 Å². The zero-order valence-corrected chi connectivity index (χ0v) is 19.9. The van der Waals surface area contributed by atoms with Gasteiger partial charge in [0.1, 0.15) is 0 Å². The van der Waals surface area contributed by atoms with Gasteiger partial charge in [-0.05, 0) is 84.0 Å². The summed E-state index contributed by atoms with van der Waals surface area (Å²) in [5.74, 6) is 0. The van der Waals surface area contributed by atoms with Crippen molar-refractivity contribution in [3.05, 3.63) is 47.5 Å². The zero-order chi connectivity index (χ0) is 18.5. The number of para-hydroxylation sites is 1. The molecule has 0 spiro atoms. The average Bonchev–Trinajstić information content (AvgIpc) is 2.61. The van der Waals surface area contributed by atoms with Gasteiger partial charge in [0, 0.05) is 21.4 Å². The summed E-state index contributed by atoms with van der Waals surface area (Å²) in [5, 5.41) is 0.800. The summed E-state index contributed by atoms with van der Waals surface area (Å²) in [7, 11) is 6.49. The second-order valence-corrected chi connectivity index (χ2v) is 8.67. The fourth-order valence-electron chi connectivity index (χ4n) is 3.31. The van der Waals surface area contributed by atoms with Gasteiger partial charge in [0.15, 0.2) is 0 Å². The van der Waals surface area contributed by atoms with Crippen molar-refractivity contribution in [3.8, 4) is 0 Å². The normalized spacial score (nSPS) is 12.3. The monoisotopic (exact) mass is 461 g/mol. The number of anilines is 2. The molecular weight excluding hydrogens is 433 g/mol. The maximum atomic E-state index is 6.29. The van der Waals surface area contributed by atoms with Crippen molar-refractivity contribution < 1.29 is 0 Å². The minimum atomic E-state index is 0. The van der Waals surface area contributed by atoms with Crippen LogP contribution in [0.4, 0.5) is 11.4 Å². The number of benzene rings is 2. The molecule has 156 valence electrons. The Morgan fingerprint density at radius 1 is 0.857 bits per heavy atom. The van der Waals surface area contributed by atoms with E-state index in [4.69, 9.17) is 11.6 Å². The summed E-state index contributed by atoms with van der Waals surface area (Å²) in [5.41, 5.74) is 2.53. The van der Waals surface area contributed by atoms with Crippen molar-refractivity contribution in [2.24, 2.45) is 0 Å². The summed E-state index contributed by atoms with van der Waals surface area (Å²) in [6, 6.07) is 14.9. The molecule has 2 aromatic carbocycles. The molecular formula is C21H30Cl3N3S. The third kappa shape index (κ3) is 6.72. The summed E-state index contributed by atoms with van der Waals surface area (Å²) in [6.07, 6.45) is 2.34. The number of nitrogens with zero attached hydrogens (tertiary/aromatic N) is 3. The van der Waals surface area contributed by atoms with E-state index in [1.54, 1.807) is 0 Å². The third-order valence-corrected chi connectivity index (χ3v) is 6.02. The zero-order valence-electron chi connectivity index (χ0n) is 16.7. The molecule has 3 rings (SSSR count). The van der Waals surface area contributed by atoms with Crippen molar-refractivity contribution >= 4 is 59.6 Å². The number of fused-ring (bicyclic) bond motifs is 2. The van der Waals surface area contributed by atoms with Crippen LogP contribution >= 0.6 is 48.2 Å². The lowest BCUT2D eigenvalue weighted by molar-refractivity contribution is 0.298. The lowest BCUT2D eigenvalue weighted by Crippen LogP contribution is -2.28. The largest absolute Gasteiger partial charge is 0.340 e. The van der Waals surface area contributed by atoms with Crippen molar-refractivity contribution in [3.63, 3.8) is 0 Å². The van der Waals surface area contributed by atoms with Crippen LogP contribution in [0.3, 0.4) is 0 Å². The molecule has 1 aliphatic heterocycles. The van der Waals surface area contributed by atoms with Crippen molar-refractivity contribution in [1.29, 1.82) is 0 Å². The Bertz CT molecular complexity index is 743. The van der Waals surface area contributed by atoms with Gasteiger partial charge in [-0.25, -0.2) is 0 Å². The highest BCUT2D eigenvalue weighted by Crippen LogP contribution is 2.48. The van der Waals surface area contributed by atoms with Crippen LogP contribution in [0.1, 0.15) is 12.8 Å². The van der Waals surface area contributed by atoms with E-state index in [0.717, 1.165) is 37.6 Å². The van der Waals surface area contributed by atoms with Gasteiger partial charge in [-0.3, -0.25) is 0 Å². The molecule has 0 aromatic heterocycles. The first-order chi connectivity index (χ1) is 12.5. The molecule has 28 heavy (non-hydrogen) atoms. The first-order valence-electron chi connectivity index (χ1n) is 9.22. The van der Waals surface area contributed by atoms with Gasteiger partial charge in [-0.1, -0.05) is 35.5 Å². The predicted octanol–water partition coefficient (Wildman–Crippen LogP) is 6.06. The second-order valence-electron chi connectivity index (χ2n) is 7.15. The van der Waals surface area contributed by atoms with Crippen LogP contribution < -0.4 is 4.90 Å². The van der Waals surface area contributed by atoms with Gasteiger partial charge in [-0.15, -0.1) is 24.8 Å². The van der Waals surface area contributed by atoms with Crippen LogP contribution in [-0.4, -0.2) is 57.1 Å². The Morgan fingerprint density at radius 2 is 1.54 bits per heavy atom. The molecule has 0 N–H and O–H groups in total. The van der Waals surface area contributed by atoms with Crippen LogP contribution in [0.25, 0.3) is 0 Å². The first-order valence-corrected chi connectivity index (χ1v) is 10.4. The molecule has 7 heteroatoms. The van der Waals surface area contributed by atoms with E-state index in [1.807, 2.05) is 17.8 Å². The fraction of sp³-hybridized carbons (Fsp3) is 0.429. The summed E-state index contributed by atoms with van der Waals surface area (Å²) >= 11 is 8.12. The highest BCUT2D eigenvalue weighted by atomic mass is 35.5. The fourth-order valence-corrected chi connectivity index (χ4v) is 4.55. The Hall–Kier alpha value is -0.620. The van der Waals surface area contributed by atoms with E-state index < -0.39 is 0 Å². The third-order valence-electron chi connectivity index (χ3n) is 4.65. The Morgan fingerprint density at radius 3 is 2.29 bits per heavy atom. The van der Waals surface area contributed by atoms with E-state index >= 15 is 0 Å². The van der Waals surface area contributed by atoms with E-state index in [9.17, 15) is 0 Å². The molecule has 0 bridgehead atoms. The number of hydrogen-bond acceptors (Lipinski definition) is 4.